The second-order valence-electron chi connectivity index (χ2n) is 5.83. The summed E-state index contributed by atoms with van der Waals surface area (Å²) in [6, 6.07) is 10.3. The zero-order chi connectivity index (χ0) is 19.6. The molecular formula is C18H15ClFN3O3S. The van der Waals surface area contributed by atoms with Gasteiger partial charge in [-0.1, -0.05) is 23.7 Å². The molecule has 1 heterocycles. The minimum Gasteiger partial charge on any atom is -0.325 e. The maximum atomic E-state index is 13.5. The molecule has 0 bridgehead atoms. The van der Waals surface area contributed by atoms with Crippen molar-refractivity contribution in [3.8, 4) is 5.69 Å². The second-order valence-corrected chi connectivity index (χ2v) is 8.15. The highest BCUT2D eigenvalue weighted by atomic mass is 35.5. The molecule has 0 spiro atoms. The van der Waals surface area contributed by atoms with Crippen molar-refractivity contribution in [1.29, 1.82) is 0 Å². The molecule has 9 heteroatoms. The number of aromatic nitrogens is 2. The number of nitrogens with one attached hydrogen (secondary N) is 1. The topological polar surface area (TPSA) is 81.1 Å². The summed E-state index contributed by atoms with van der Waals surface area (Å²) in [6.45, 7) is 1.76. The molecule has 2 aromatic carbocycles. The molecule has 140 valence electrons. The molecule has 1 aromatic heterocycles. The lowest BCUT2D eigenvalue weighted by atomic mass is 10.2. The van der Waals surface area contributed by atoms with Crippen molar-refractivity contribution in [2.24, 2.45) is 0 Å². The molecular weight excluding hydrogens is 393 g/mol. The first kappa shape index (κ1) is 19.1. The Morgan fingerprint density at radius 3 is 2.78 bits per heavy atom. The van der Waals surface area contributed by atoms with Crippen LogP contribution in [0.1, 0.15) is 5.56 Å². The zero-order valence-corrected chi connectivity index (χ0v) is 15.8. The van der Waals surface area contributed by atoms with Gasteiger partial charge in [-0.15, -0.1) is 0 Å². The average molecular weight is 408 g/mol. The number of carbonyl (C=O) groups excluding carboxylic acids is 1. The van der Waals surface area contributed by atoms with Crippen molar-refractivity contribution in [2.75, 3.05) is 11.1 Å². The van der Waals surface area contributed by atoms with Crippen LogP contribution >= 0.6 is 11.6 Å². The predicted molar refractivity (Wildman–Crippen MR) is 100 cm³/mol. The predicted octanol–water partition coefficient (Wildman–Crippen LogP) is 3.39. The maximum absolute atomic E-state index is 13.5. The minimum absolute atomic E-state index is 0.289. The van der Waals surface area contributed by atoms with E-state index >= 15 is 0 Å². The molecule has 0 unspecified atom stereocenters. The monoisotopic (exact) mass is 407 g/mol. The van der Waals surface area contributed by atoms with Crippen molar-refractivity contribution in [1.82, 2.24) is 9.55 Å². The number of halogens is 2. The maximum Gasteiger partial charge on any atom is 0.240 e. The summed E-state index contributed by atoms with van der Waals surface area (Å²) in [4.78, 5) is 16.1. The number of rotatable bonds is 5. The van der Waals surface area contributed by atoms with Crippen LogP contribution in [0.4, 0.5) is 10.1 Å². The Morgan fingerprint density at radius 2 is 2.04 bits per heavy atom. The summed E-state index contributed by atoms with van der Waals surface area (Å²) >= 11 is 5.90. The molecule has 1 amide bonds. The van der Waals surface area contributed by atoms with Crippen molar-refractivity contribution < 1.29 is 17.6 Å². The lowest BCUT2D eigenvalue weighted by Crippen LogP contribution is -2.25. The Labute approximate surface area is 160 Å². The highest BCUT2D eigenvalue weighted by Crippen LogP contribution is 2.21. The number of aryl methyl sites for hydroxylation is 1. The van der Waals surface area contributed by atoms with Gasteiger partial charge in [0, 0.05) is 23.1 Å². The lowest BCUT2D eigenvalue weighted by molar-refractivity contribution is -0.113. The van der Waals surface area contributed by atoms with Gasteiger partial charge in [-0.2, -0.15) is 0 Å². The number of anilines is 1. The van der Waals surface area contributed by atoms with E-state index in [-0.39, 0.29) is 10.8 Å². The van der Waals surface area contributed by atoms with Crippen LogP contribution in [0.3, 0.4) is 0 Å². The normalized spacial score (nSPS) is 11.4. The number of sulfone groups is 1. The number of carbonyl (C=O) groups is 1. The van der Waals surface area contributed by atoms with Gasteiger partial charge >= 0.3 is 0 Å². The summed E-state index contributed by atoms with van der Waals surface area (Å²) in [6.07, 6.45) is 2.66. The molecule has 27 heavy (non-hydrogen) atoms. The van der Waals surface area contributed by atoms with Gasteiger partial charge in [0.1, 0.15) is 11.6 Å². The smallest absolute Gasteiger partial charge is 0.240 e. The van der Waals surface area contributed by atoms with Gasteiger partial charge in [-0.05, 0) is 42.8 Å². The third-order valence-electron chi connectivity index (χ3n) is 3.77. The first-order valence-electron chi connectivity index (χ1n) is 7.84. The van der Waals surface area contributed by atoms with Crippen LogP contribution in [-0.4, -0.2) is 29.6 Å². The molecule has 6 nitrogen and oxygen atoms in total. The van der Waals surface area contributed by atoms with Gasteiger partial charge < -0.3 is 5.32 Å². The van der Waals surface area contributed by atoms with Gasteiger partial charge in [0.05, 0.1) is 5.69 Å². The number of hydrogen-bond acceptors (Lipinski definition) is 4. The molecule has 0 saturated heterocycles. The molecule has 0 aliphatic carbocycles. The van der Waals surface area contributed by atoms with E-state index in [1.165, 1.54) is 41.2 Å². The standard InChI is InChI=1S/C18H15ClFN3O3S/c1-12-5-6-13(19)9-16(12)22-17(24)11-27(25,26)18-21-7-8-23(18)15-4-2-3-14(20)10-15/h2-10H,11H2,1H3,(H,22,24). The molecule has 0 fully saturated rings. The second kappa shape index (κ2) is 7.50. The summed E-state index contributed by atoms with van der Waals surface area (Å²) < 4.78 is 40.0. The Kier molecular flexibility index (Phi) is 5.29. The molecule has 3 aromatic rings. The molecule has 3 rings (SSSR count). The van der Waals surface area contributed by atoms with Crippen molar-refractivity contribution in [2.45, 2.75) is 12.1 Å². The fourth-order valence-corrected chi connectivity index (χ4v) is 3.90. The third-order valence-corrected chi connectivity index (χ3v) is 5.50. The van der Waals surface area contributed by atoms with E-state index in [1.807, 2.05) is 0 Å². The van der Waals surface area contributed by atoms with E-state index in [0.29, 0.717) is 10.7 Å². The molecule has 1 N–H and O–H groups in total. The summed E-state index contributed by atoms with van der Waals surface area (Å²) in [5.74, 6) is -2.06. The van der Waals surface area contributed by atoms with Gasteiger partial charge in [0.25, 0.3) is 0 Å². The Bertz CT molecular complexity index is 1110. The van der Waals surface area contributed by atoms with Crippen molar-refractivity contribution >= 4 is 33.0 Å². The molecule has 0 saturated carbocycles. The number of benzene rings is 2. The van der Waals surface area contributed by atoms with Crippen molar-refractivity contribution in [3.63, 3.8) is 0 Å². The molecule has 0 atom stereocenters. The minimum atomic E-state index is -4.07. The van der Waals surface area contributed by atoms with E-state index in [1.54, 1.807) is 25.1 Å². The van der Waals surface area contributed by atoms with Gasteiger partial charge in [-0.3, -0.25) is 9.36 Å². The van der Waals surface area contributed by atoms with Gasteiger partial charge in [-0.25, -0.2) is 17.8 Å². The van der Waals surface area contributed by atoms with E-state index in [4.69, 9.17) is 11.6 Å². The van der Waals surface area contributed by atoms with Gasteiger partial charge in [0.2, 0.25) is 20.9 Å². The van der Waals surface area contributed by atoms with Crippen LogP contribution in [0.25, 0.3) is 5.69 Å². The highest BCUT2D eigenvalue weighted by Gasteiger charge is 2.25. The Morgan fingerprint density at radius 1 is 1.26 bits per heavy atom. The van der Waals surface area contributed by atoms with Crippen LogP contribution in [0.2, 0.25) is 5.02 Å². The van der Waals surface area contributed by atoms with Crippen LogP contribution in [0.5, 0.6) is 0 Å². The molecule has 0 aliphatic heterocycles. The van der Waals surface area contributed by atoms with E-state index in [2.05, 4.69) is 10.3 Å². The number of hydrogen-bond donors (Lipinski definition) is 1. The fourth-order valence-electron chi connectivity index (χ4n) is 2.49. The summed E-state index contributed by atoms with van der Waals surface area (Å²) in [7, 11) is -4.07. The first-order chi connectivity index (χ1) is 12.8. The first-order valence-corrected chi connectivity index (χ1v) is 9.87. The van der Waals surface area contributed by atoms with Crippen LogP contribution < -0.4 is 5.32 Å². The van der Waals surface area contributed by atoms with Gasteiger partial charge in [0.15, 0.2) is 0 Å². The van der Waals surface area contributed by atoms with Crippen LogP contribution in [0.15, 0.2) is 60.0 Å². The van der Waals surface area contributed by atoms with E-state index in [0.717, 1.165) is 5.56 Å². The summed E-state index contributed by atoms with van der Waals surface area (Å²) in [5.41, 5.74) is 1.46. The SMILES string of the molecule is Cc1ccc(Cl)cc1NC(=O)CS(=O)(=O)c1nccn1-c1cccc(F)c1. The van der Waals surface area contributed by atoms with E-state index in [9.17, 15) is 17.6 Å². The number of imidazole rings is 1. The third kappa shape index (κ3) is 4.35. The van der Waals surface area contributed by atoms with E-state index < -0.39 is 27.3 Å². The largest absolute Gasteiger partial charge is 0.325 e. The average Bonchev–Trinajstić information content (AvgIpc) is 3.08. The molecule has 0 aliphatic rings. The zero-order valence-electron chi connectivity index (χ0n) is 14.2. The Hall–Kier alpha value is -2.71. The Balaban J connectivity index is 1.85. The number of amides is 1. The number of nitrogens with zero attached hydrogens (tertiary/aromatic N) is 2. The van der Waals surface area contributed by atoms with Crippen LogP contribution in [-0.2, 0) is 14.6 Å². The highest BCUT2D eigenvalue weighted by molar-refractivity contribution is 7.92. The molecule has 0 radical (unpaired) electrons. The lowest BCUT2D eigenvalue weighted by Gasteiger charge is -2.11. The summed E-state index contributed by atoms with van der Waals surface area (Å²) in [5, 5.41) is 2.61. The quantitative estimate of drug-likeness (QED) is 0.703. The van der Waals surface area contributed by atoms with Crippen LogP contribution in [0, 0.1) is 12.7 Å². The van der Waals surface area contributed by atoms with Crippen molar-refractivity contribution in [3.05, 3.63) is 71.3 Å². The fraction of sp³-hybridized carbons (Fsp3) is 0.111.